The zero-order chi connectivity index (χ0) is 28.6. The number of amides is 3. The van der Waals surface area contributed by atoms with E-state index in [4.69, 9.17) is 9.15 Å². The fraction of sp³-hybridized carbons (Fsp3) is 0.464. The number of piperidine rings is 1. The molecule has 12 nitrogen and oxygen atoms in total. The van der Waals surface area contributed by atoms with Crippen LogP contribution in [0.3, 0.4) is 0 Å². The van der Waals surface area contributed by atoms with Gasteiger partial charge in [-0.05, 0) is 69.6 Å². The van der Waals surface area contributed by atoms with Crippen molar-refractivity contribution in [3.05, 3.63) is 41.9 Å². The van der Waals surface area contributed by atoms with Crippen molar-refractivity contribution in [1.29, 1.82) is 0 Å². The van der Waals surface area contributed by atoms with Crippen LogP contribution in [-0.4, -0.2) is 57.9 Å². The second-order valence-electron chi connectivity index (χ2n) is 11.6. The number of fused-ring (bicyclic) bond motifs is 1. The molecule has 3 amide bonds. The number of carboxylic acid groups (broad SMARTS) is 1. The molecule has 0 aromatic carbocycles. The molecular weight excluding hydrogens is 516 g/mol. The summed E-state index contributed by atoms with van der Waals surface area (Å²) in [6.07, 6.45) is 5.93. The van der Waals surface area contributed by atoms with Crippen LogP contribution >= 0.6 is 0 Å². The summed E-state index contributed by atoms with van der Waals surface area (Å²) in [5.74, 6) is 0.0291. The number of nitrogens with zero attached hydrogens (tertiary/aromatic N) is 3. The number of anilines is 3. The van der Waals surface area contributed by atoms with Crippen molar-refractivity contribution in [3.8, 4) is 0 Å². The zero-order valence-electron chi connectivity index (χ0n) is 23.0. The molecule has 12 heteroatoms. The van der Waals surface area contributed by atoms with Gasteiger partial charge in [0.05, 0.1) is 17.6 Å². The molecule has 2 atom stereocenters. The summed E-state index contributed by atoms with van der Waals surface area (Å²) in [6.45, 7) is 8.39. The SMILES string of the molecule is C[C@@H]1C[C@H](NC(=O)O)CN(c2ccncc2NC(=O)c2c(NC(=O)OC(C)(C)C)oc3cc(C4CC4)cnc23)C1. The summed E-state index contributed by atoms with van der Waals surface area (Å²) in [5, 5.41) is 17.3. The van der Waals surface area contributed by atoms with E-state index in [9.17, 15) is 19.5 Å². The number of furan rings is 1. The second-order valence-corrected chi connectivity index (χ2v) is 11.6. The summed E-state index contributed by atoms with van der Waals surface area (Å²) in [6, 6.07) is 3.38. The highest BCUT2D eigenvalue weighted by Crippen LogP contribution is 2.42. The molecule has 4 N–H and O–H groups in total. The Bertz CT molecular complexity index is 1440. The van der Waals surface area contributed by atoms with Crippen LogP contribution in [0.25, 0.3) is 11.1 Å². The Hall–Kier alpha value is -4.35. The number of carbonyl (C=O) groups is 3. The van der Waals surface area contributed by atoms with Gasteiger partial charge in [0.15, 0.2) is 5.58 Å². The molecular formula is C28H34N6O6. The minimum absolute atomic E-state index is 0.0649. The summed E-state index contributed by atoms with van der Waals surface area (Å²) in [7, 11) is 0. The molecule has 2 fully saturated rings. The molecule has 5 rings (SSSR count). The van der Waals surface area contributed by atoms with Crippen LogP contribution in [0.4, 0.5) is 26.8 Å². The van der Waals surface area contributed by atoms with Gasteiger partial charge < -0.3 is 29.8 Å². The van der Waals surface area contributed by atoms with E-state index in [1.165, 1.54) is 6.20 Å². The lowest BCUT2D eigenvalue weighted by Crippen LogP contribution is -2.50. The standard InChI is InChI=1S/C28H34N6O6/c1-15-9-18(31-26(36)37)14-34(13-15)20-7-8-29-12-19(20)32-24(35)22-23-21(10-17(11-30-23)16-5-6-16)39-25(22)33-27(38)40-28(2,3)4/h7-8,10-12,15-16,18,31H,5-6,9,13-14H2,1-4H3,(H,32,35)(H,33,38)(H,36,37)/t15-,18+/m1/s1. The second kappa shape index (κ2) is 10.7. The molecule has 0 unspecified atom stereocenters. The van der Waals surface area contributed by atoms with Gasteiger partial charge >= 0.3 is 12.2 Å². The van der Waals surface area contributed by atoms with Crippen molar-refractivity contribution in [2.75, 3.05) is 28.6 Å². The summed E-state index contributed by atoms with van der Waals surface area (Å²) in [4.78, 5) is 48.4. The first-order valence-corrected chi connectivity index (χ1v) is 13.4. The normalized spacial score (nSPS) is 19.2. The molecule has 3 aromatic heterocycles. The van der Waals surface area contributed by atoms with Crippen LogP contribution in [-0.2, 0) is 4.74 Å². The molecule has 0 bridgehead atoms. The van der Waals surface area contributed by atoms with Gasteiger partial charge in [0.25, 0.3) is 5.91 Å². The van der Waals surface area contributed by atoms with Crippen molar-refractivity contribution in [2.24, 2.45) is 5.92 Å². The number of pyridine rings is 2. The number of hydrogen-bond donors (Lipinski definition) is 4. The van der Waals surface area contributed by atoms with E-state index >= 15 is 0 Å². The van der Waals surface area contributed by atoms with E-state index in [0.29, 0.717) is 47.9 Å². The van der Waals surface area contributed by atoms with Crippen molar-refractivity contribution in [1.82, 2.24) is 15.3 Å². The first-order chi connectivity index (χ1) is 19.0. The van der Waals surface area contributed by atoms with E-state index in [2.05, 4.69) is 32.8 Å². The molecule has 0 radical (unpaired) electrons. The monoisotopic (exact) mass is 550 g/mol. The van der Waals surface area contributed by atoms with Crippen LogP contribution in [0.15, 0.2) is 35.1 Å². The van der Waals surface area contributed by atoms with E-state index in [1.54, 1.807) is 39.2 Å². The Labute approximate surface area is 231 Å². The fourth-order valence-electron chi connectivity index (χ4n) is 5.10. The summed E-state index contributed by atoms with van der Waals surface area (Å²) >= 11 is 0. The first kappa shape index (κ1) is 27.2. The Kier molecular flexibility index (Phi) is 7.26. The molecule has 1 aliphatic heterocycles. The van der Waals surface area contributed by atoms with Crippen LogP contribution in [0, 0.1) is 5.92 Å². The van der Waals surface area contributed by atoms with Crippen molar-refractivity contribution in [2.45, 2.75) is 64.5 Å². The molecule has 4 heterocycles. The topological polar surface area (TPSA) is 159 Å². The maximum Gasteiger partial charge on any atom is 0.414 e. The third-order valence-electron chi connectivity index (χ3n) is 6.81. The molecule has 1 saturated carbocycles. The molecule has 2 aliphatic rings. The number of aromatic nitrogens is 2. The molecule has 212 valence electrons. The van der Waals surface area contributed by atoms with Gasteiger partial charge in [-0.15, -0.1) is 0 Å². The third-order valence-corrected chi connectivity index (χ3v) is 6.81. The van der Waals surface area contributed by atoms with Gasteiger partial charge in [0.2, 0.25) is 5.88 Å². The lowest BCUT2D eigenvalue weighted by atomic mass is 9.95. The Morgan fingerprint density at radius 3 is 2.62 bits per heavy atom. The summed E-state index contributed by atoms with van der Waals surface area (Å²) in [5.41, 5.74) is 2.17. The highest BCUT2D eigenvalue weighted by Gasteiger charge is 2.31. The molecule has 1 aliphatic carbocycles. The van der Waals surface area contributed by atoms with Crippen molar-refractivity contribution in [3.63, 3.8) is 0 Å². The average Bonchev–Trinajstić information content (AvgIpc) is 3.63. The van der Waals surface area contributed by atoms with Gasteiger partial charge in [0.1, 0.15) is 16.7 Å². The Balaban J connectivity index is 1.45. The predicted octanol–water partition coefficient (Wildman–Crippen LogP) is 5.18. The van der Waals surface area contributed by atoms with E-state index < -0.39 is 23.7 Å². The minimum Gasteiger partial charge on any atom is -0.465 e. The average molecular weight is 551 g/mol. The van der Waals surface area contributed by atoms with E-state index in [-0.39, 0.29) is 23.4 Å². The van der Waals surface area contributed by atoms with Gasteiger partial charge in [0, 0.05) is 31.5 Å². The van der Waals surface area contributed by atoms with Crippen LogP contribution < -0.4 is 20.9 Å². The van der Waals surface area contributed by atoms with Crippen molar-refractivity contribution < 1.29 is 28.6 Å². The van der Waals surface area contributed by atoms with Gasteiger partial charge in [-0.3, -0.25) is 20.1 Å². The van der Waals surface area contributed by atoms with Crippen LogP contribution in [0.2, 0.25) is 0 Å². The summed E-state index contributed by atoms with van der Waals surface area (Å²) < 4.78 is 11.3. The maximum atomic E-state index is 13.8. The van der Waals surface area contributed by atoms with Crippen LogP contribution in [0.5, 0.6) is 0 Å². The number of hydrogen-bond acceptors (Lipinski definition) is 8. The molecule has 1 saturated heterocycles. The largest absolute Gasteiger partial charge is 0.465 e. The Morgan fingerprint density at radius 2 is 1.93 bits per heavy atom. The quantitative estimate of drug-likeness (QED) is 0.324. The van der Waals surface area contributed by atoms with E-state index in [0.717, 1.165) is 18.4 Å². The zero-order valence-corrected chi connectivity index (χ0v) is 23.0. The maximum absolute atomic E-state index is 13.8. The van der Waals surface area contributed by atoms with Crippen molar-refractivity contribution >= 4 is 46.5 Å². The molecule has 40 heavy (non-hydrogen) atoms. The van der Waals surface area contributed by atoms with Gasteiger partial charge in [-0.25, -0.2) is 9.59 Å². The molecule has 0 spiro atoms. The number of carbonyl (C=O) groups excluding carboxylic acids is 2. The number of ether oxygens (including phenoxy) is 1. The lowest BCUT2D eigenvalue weighted by molar-refractivity contribution is 0.0632. The van der Waals surface area contributed by atoms with Gasteiger partial charge in [-0.2, -0.15) is 0 Å². The number of nitrogens with one attached hydrogen (secondary N) is 3. The smallest absolute Gasteiger partial charge is 0.414 e. The van der Waals surface area contributed by atoms with E-state index in [1.807, 2.05) is 11.0 Å². The number of rotatable bonds is 6. The third kappa shape index (κ3) is 6.27. The Morgan fingerprint density at radius 1 is 1.15 bits per heavy atom. The van der Waals surface area contributed by atoms with Crippen LogP contribution in [0.1, 0.15) is 68.8 Å². The first-order valence-electron chi connectivity index (χ1n) is 13.4. The predicted molar refractivity (Wildman–Crippen MR) is 149 cm³/mol. The van der Waals surface area contributed by atoms with Gasteiger partial charge in [-0.1, -0.05) is 6.92 Å². The lowest BCUT2D eigenvalue weighted by Gasteiger charge is -2.38. The minimum atomic E-state index is -1.07. The highest BCUT2D eigenvalue weighted by atomic mass is 16.6. The highest BCUT2D eigenvalue weighted by molar-refractivity contribution is 6.16. The molecule has 3 aromatic rings. The fourth-order valence-corrected chi connectivity index (χ4v) is 5.10.